The van der Waals surface area contributed by atoms with Gasteiger partial charge in [-0.2, -0.15) is 0 Å². The number of aromatic nitrogens is 2. The van der Waals surface area contributed by atoms with Crippen molar-refractivity contribution >= 4 is 11.9 Å². The highest BCUT2D eigenvalue weighted by Gasteiger charge is 2.10. The van der Waals surface area contributed by atoms with Gasteiger partial charge in [0.1, 0.15) is 0 Å². The normalized spacial score (nSPS) is 8.94. The van der Waals surface area contributed by atoms with Crippen molar-refractivity contribution in [3.63, 3.8) is 0 Å². The van der Waals surface area contributed by atoms with E-state index in [9.17, 15) is 9.59 Å². The Labute approximate surface area is 92.0 Å². The van der Waals surface area contributed by atoms with Gasteiger partial charge in [0, 0.05) is 12.4 Å². The number of nitrogens with one attached hydrogen (secondary N) is 1. The van der Waals surface area contributed by atoms with Gasteiger partial charge in [-0.3, -0.25) is 9.78 Å². The van der Waals surface area contributed by atoms with E-state index < -0.39 is 18.5 Å². The molecule has 0 fully saturated rings. The summed E-state index contributed by atoms with van der Waals surface area (Å²) in [6.07, 6.45) is 8.97. The van der Waals surface area contributed by atoms with Crippen molar-refractivity contribution in [1.29, 1.82) is 0 Å². The van der Waals surface area contributed by atoms with Crippen molar-refractivity contribution in [3.8, 4) is 12.3 Å². The Morgan fingerprint density at radius 2 is 2.31 bits per heavy atom. The first kappa shape index (κ1) is 11.7. The Morgan fingerprint density at radius 1 is 1.50 bits per heavy atom. The van der Waals surface area contributed by atoms with Crippen LogP contribution in [0.4, 0.5) is 0 Å². The summed E-state index contributed by atoms with van der Waals surface area (Å²) in [5.41, 5.74) is 0.0484. The lowest BCUT2D eigenvalue weighted by Crippen LogP contribution is -2.29. The average Bonchev–Trinajstić information content (AvgIpc) is 2.34. The van der Waals surface area contributed by atoms with E-state index in [0.717, 1.165) is 0 Å². The van der Waals surface area contributed by atoms with Crippen LogP contribution in [-0.2, 0) is 9.53 Å². The molecular formula is C10H9N3O3. The van der Waals surface area contributed by atoms with Crippen LogP contribution in [-0.4, -0.2) is 35.0 Å². The van der Waals surface area contributed by atoms with Crippen molar-refractivity contribution in [2.75, 3.05) is 13.2 Å². The molecule has 1 heterocycles. The van der Waals surface area contributed by atoms with Crippen molar-refractivity contribution in [3.05, 3.63) is 24.3 Å². The van der Waals surface area contributed by atoms with Crippen LogP contribution in [0, 0.1) is 12.3 Å². The van der Waals surface area contributed by atoms with Crippen LogP contribution in [0.3, 0.4) is 0 Å². The second-order valence-electron chi connectivity index (χ2n) is 2.65. The van der Waals surface area contributed by atoms with E-state index in [-0.39, 0.29) is 12.2 Å². The third-order valence-electron chi connectivity index (χ3n) is 1.49. The van der Waals surface area contributed by atoms with Crippen molar-refractivity contribution < 1.29 is 14.3 Å². The van der Waals surface area contributed by atoms with Crippen molar-refractivity contribution in [1.82, 2.24) is 15.3 Å². The molecule has 0 unspecified atom stereocenters. The number of carbonyl (C=O) groups is 2. The number of esters is 1. The van der Waals surface area contributed by atoms with Gasteiger partial charge >= 0.3 is 5.97 Å². The molecule has 1 N–H and O–H groups in total. The quantitative estimate of drug-likeness (QED) is 0.539. The maximum atomic E-state index is 11.3. The van der Waals surface area contributed by atoms with Gasteiger partial charge in [0.2, 0.25) is 0 Å². The minimum Gasteiger partial charge on any atom is -0.451 e. The summed E-state index contributed by atoms with van der Waals surface area (Å²) in [4.78, 5) is 29.7. The first-order valence-corrected chi connectivity index (χ1v) is 4.37. The Balaban J connectivity index is 2.37. The molecule has 0 atom stereocenters. The zero-order valence-corrected chi connectivity index (χ0v) is 8.34. The number of nitrogens with zero attached hydrogens (tertiary/aromatic N) is 2. The number of hydrogen-bond donors (Lipinski definition) is 1. The SMILES string of the molecule is C#CCNC(=O)COC(=O)c1cnccn1. The number of rotatable bonds is 4. The average molecular weight is 219 g/mol. The minimum atomic E-state index is -0.705. The van der Waals surface area contributed by atoms with Gasteiger partial charge in [-0.25, -0.2) is 9.78 Å². The minimum absolute atomic E-state index is 0.0484. The summed E-state index contributed by atoms with van der Waals surface area (Å²) in [6, 6.07) is 0. The number of amides is 1. The zero-order valence-electron chi connectivity index (χ0n) is 8.34. The van der Waals surface area contributed by atoms with Gasteiger partial charge in [0.15, 0.2) is 12.3 Å². The van der Waals surface area contributed by atoms with Crippen LogP contribution in [0.5, 0.6) is 0 Å². The highest BCUT2D eigenvalue weighted by molar-refractivity contribution is 5.89. The molecule has 0 bridgehead atoms. The van der Waals surface area contributed by atoms with E-state index in [1.54, 1.807) is 0 Å². The standard InChI is InChI=1S/C10H9N3O3/c1-2-3-13-9(14)7-16-10(15)8-6-11-4-5-12-8/h1,4-6H,3,7H2,(H,13,14). The predicted molar refractivity (Wildman–Crippen MR) is 54.2 cm³/mol. The fourth-order valence-corrected chi connectivity index (χ4v) is 0.810. The highest BCUT2D eigenvalue weighted by Crippen LogP contribution is 1.93. The van der Waals surface area contributed by atoms with Crippen LogP contribution in [0.15, 0.2) is 18.6 Å². The van der Waals surface area contributed by atoms with E-state index >= 15 is 0 Å². The van der Waals surface area contributed by atoms with Gasteiger partial charge in [-0.1, -0.05) is 5.92 Å². The van der Waals surface area contributed by atoms with Gasteiger partial charge < -0.3 is 10.1 Å². The molecule has 82 valence electrons. The smallest absolute Gasteiger partial charge is 0.359 e. The fourth-order valence-electron chi connectivity index (χ4n) is 0.810. The molecule has 0 aliphatic carbocycles. The van der Waals surface area contributed by atoms with Crippen LogP contribution in [0.1, 0.15) is 10.5 Å². The van der Waals surface area contributed by atoms with E-state index in [1.165, 1.54) is 18.6 Å². The van der Waals surface area contributed by atoms with Gasteiger partial charge in [-0.05, 0) is 0 Å². The van der Waals surface area contributed by atoms with Gasteiger partial charge in [0.05, 0.1) is 12.7 Å². The number of terminal acetylenes is 1. The molecule has 16 heavy (non-hydrogen) atoms. The Hall–Kier alpha value is -2.42. The second-order valence-corrected chi connectivity index (χ2v) is 2.65. The van der Waals surface area contributed by atoms with Crippen LogP contribution in [0.25, 0.3) is 0 Å². The molecule has 0 spiro atoms. The molecule has 0 saturated carbocycles. The first-order valence-electron chi connectivity index (χ1n) is 4.37. The molecular weight excluding hydrogens is 210 g/mol. The molecule has 6 heteroatoms. The molecule has 1 amide bonds. The number of hydrogen-bond acceptors (Lipinski definition) is 5. The summed E-state index contributed by atoms with van der Waals surface area (Å²) < 4.78 is 4.66. The first-order chi connectivity index (χ1) is 7.74. The summed E-state index contributed by atoms with van der Waals surface area (Å²) in [5, 5.41) is 2.35. The van der Waals surface area contributed by atoms with Crippen LogP contribution >= 0.6 is 0 Å². The van der Waals surface area contributed by atoms with Crippen LogP contribution in [0.2, 0.25) is 0 Å². The third-order valence-corrected chi connectivity index (χ3v) is 1.49. The van der Waals surface area contributed by atoms with Crippen LogP contribution < -0.4 is 5.32 Å². The third kappa shape index (κ3) is 3.75. The summed E-state index contributed by atoms with van der Waals surface area (Å²) in [6.45, 7) is -0.293. The molecule has 1 aromatic rings. The lowest BCUT2D eigenvalue weighted by atomic mass is 10.4. The number of carbonyl (C=O) groups excluding carboxylic acids is 2. The fraction of sp³-hybridized carbons (Fsp3) is 0.200. The van der Waals surface area contributed by atoms with Crippen molar-refractivity contribution in [2.24, 2.45) is 0 Å². The molecule has 6 nitrogen and oxygen atoms in total. The van der Waals surface area contributed by atoms with Gasteiger partial charge in [-0.15, -0.1) is 6.42 Å². The molecule has 0 aromatic carbocycles. The van der Waals surface area contributed by atoms with Gasteiger partial charge in [0.25, 0.3) is 5.91 Å². The predicted octanol–water partition coefficient (Wildman–Crippen LogP) is -0.617. The Morgan fingerprint density at radius 3 is 2.94 bits per heavy atom. The molecule has 0 aliphatic heterocycles. The highest BCUT2D eigenvalue weighted by atomic mass is 16.5. The Bertz CT molecular complexity index is 411. The summed E-state index contributed by atoms with van der Waals surface area (Å²) in [7, 11) is 0. The second kappa shape index (κ2) is 6.14. The maximum Gasteiger partial charge on any atom is 0.359 e. The lowest BCUT2D eigenvalue weighted by molar-refractivity contribution is -0.123. The van der Waals surface area contributed by atoms with E-state index in [2.05, 4.69) is 25.9 Å². The van der Waals surface area contributed by atoms with E-state index in [0.29, 0.717) is 0 Å². The molecule has 0 radical (unpaired) electrons. The number of ether oxygens (including phenoxy) is 1. The van der Waals surface area contributed by atoms with E-state index in [4.69, 9.17) is 6.42 Å². The maximum absolute atomic E-state index is 11.3. The topological polar surface area (TPSA) is 81.2 Å². The summed E-state index contributed by atoms with van der Waals surface area (Å²) >= 11 is 0. The Kier molecular flexibility index (Phi) is 4.47. The zero-order chi connectivity index (χ0) is 11.8. The monoisotopic (exact) mass is 219 g/mol. The summed E-state index contributed by atoms with van der Waals surface area (Å²) in [5.74, 6) is 1.06. The molecule has 0 aliphatic rings. The molecule has 0 saturated heterocycles. The molecule has 1 aromatic heterocycles. The molecule has 1 rings (SSSR count). The largest absolute Gasteiger partial charge is 0.451 e. The van der Waals surface area contributed by atoms with Crippen molar-refractivity contribution in [2.45, 2.75) is 0 Å². The van der Waals surface area contributed by atoms with E-state index in [1.807, 2.05) is 0 Å². The lowest BCUT2D eigenvalue weighted by Gasteiger charge is -2.03.